The number of pyridine rings is 1. The number of amides is 1. The number of rotatable bonds is 4. The maximum atomic E-state index is 12.4. The van der Waals surface area contributed by atoms with Crippen LogP contribution < -0.4 is 10.1 Å². The van der Waals surface area contributed by atoms with E-state index in [-0.39, 0.29) is 5.91 Å². The molecule has 1 aliphatic heterocycles. The Balaban J connectivity index is 1.73. The number of nitrogens with one attached hydrogen (secondary N) is 1. The predicted molar refractivity (Wildman–Crippen MR) is 95.3 cm³/mol. The molecule has 5 nitrogen and oxygen atoms in total. The number of hydrogen-bond donors (Lipinski definition) is 1. The van der Waals surface area contributed by atoms with Crippen LogP contribution in [0, 0.1) is 0 Å². The second-order valence-electron chi connectivity index (χ2n) is 5.75. The van der Waals surface area contributed by atoms with E-state index in [0.29, 0.717) is 16.5 Å². The average molecular weight is 346 g/mol. The normalized spacial score (nSPS) is 14.3. The molecule has 1 amide bonds. The van der Waals surface area contributed by atoms with Gasteiger partial charge in [-0.3, -0.25) is 4.79 Å². The number of carbonyl (C=O) groups excluding carboxylic acids is 1. The van der Waals surface area contributed by atoms with E-state index in [9.17, 15) is 4.79 Å². The number of piperidine rings is 1. The quantitative estimate of drug-likeness (QED) is 0.905. The van der Waals surface area contributed by atoms with Crippen molar-refractivity contribution in [1.82, 2.24) is 9.88 Å². The van der Waals surface area contributed by atoms with Gasteiger partial charge in [0.1, 0.15) is 11.4 Å². The standard InChI is InChI=1S/C18H20ClN3O2/c1-24-17-8-5-13(19)11-16(17)21-14-6-7-15(20-12-14)18(23)22-9-3-2-4-10-22/h5-8,11-12,21H,2-4,9-10H2,1H3. The fraction of sp³-hybridized carbons (Fsp3) is 0.333. The summed E-state index contributed by atoms with van der Waals surface area (Å²) < 4.78 is 5.31. The summed E-state index contributed by atoms with van der Waals surface area (Å²) in [6.07, 6.45) is 4.99. The number of halogens is 1. The van der Waals surface area contributed by atoms with Crippen LogP contribution in [0.4, 0.5) is 11.4 Å². The van der Waals surface area contributed by atoms with Crippen LogP contribution in [-0.2, 0) is 0 Å². The van der Waals surface area contributed by atoms with E-state index in [2.05, 4.69) is 10.3 Å². The average Bonchev–Trinajstić information content (AvgIpc) is 2.63. The maximum absolute atomic E-state index is 12.4. The van der Waals surface area contributed by atoms with Crippen molar-refractivity contribution in [1.29, 1.82) is 0 Å². The molecule has 1 fully saturated rings. The van der Waals surface area contributed by atoms with Gasteiger partial charge in [-0.2, -0.15) is 0 Å². The Morgan fingerprint density at radius 3 is 2.67 bits per heavy atom. The molecule has 0 spiro atoms. The number of carbonyl (C=O) groups is 1. The molecule has 6 heteroatoms. The van der Waals surface area contributed by atoms with Crippen LogP contribution in [0.3, 0.4) is 0 Å². The Morgan fingerprint density at radius 2 is 2.00 bits per heavy atom. The highest BCUT2D eigenvalue weighted by Gasteiger charge is 2.19. The van der Waals surface area contributed by atoms with Gasteiger partial charge < -0.3 is 15.0 Å². The molecule has 3 rings (SSSR count). The first-order valence-corrected chi connectivity index (χ1v) is 8.41. The lowest BCUT2D eigenvalue weighted by molar-refractivity contribution is 0.0718. The number of likely N-dealkylation sites (tertiary alicyclic amines) is 1. The summed E-state index contributed by atoms with van der Waals surface area (Å²) in [6, 6.07) is 8.94. The molecule has 1 aromatic carbocycles. The highest BCUT2D eigenvalue weighted by atomic mass is 35.5. The highest BCUT2D eigenvalue weighted by Crippen LogP contribution is 2.30. The Morgan fingerprint density at radius 1 is 1.21 bits per heavy atom. The van der Waals surface area contributed by atoms with Crippen LogP contribution in [0.25, 0.3) is 0 Å². The van der Waals surface area contributed by atoms with Crippen LogP contribution >= 0.6 is 11.6 Å². The summed E-state index contributed by atoms with van der Waals surface area (Å²) in [7, 11) is 1.60. The van der Waals surface area contributed by atoms with Crippen molar-refractivity contribution in [3.63, 3.8) is 0 Å². The van der Waals surface area contributed by atoms with Crippen molar-refractivity contribution in [3.05, 3.63) is 47.2 Å². The molecule has 0 bridgehead atoms. The zero-order valence-corrected chi connectivity index (χ0v) is 14.3. The smallest absolute Gasteiger partial charge is 0.272 e. The predicted octanol–water partition coefficient (Wildman–Crippen LogP) is 4.11. The van der Waals surface area contributed by atoms with Crippen molar-refractivity contribution in [2.24, 2.45) is 0 Å². The van der Waals surface area contributed by atoms with Crippen LogP contribution in [0.2, 0.25) is 5.02 Å². The van der Waals surface area contributed by atoms with Gasteiger partial charge >= 0.3 is 0 Å². The second kappa shape index (κ2) is 7.53. The Hall–Kier alpha value is -2.27. The van der Waals surface area contributed by atoms with Gasteiger partial charge in [0.05, 0.1) is 24.7 Å². The maximum Gasteiger partial charge on any atom is 0.272 e. The van der Waals surface area contributed by atoms with Gasteiger partial charge in [0.2, 0.25) is 0 Å². The Kier molecular flexibility index (Phi) is 5.20. The van der Waals surface area contributed by atoms with Crippen LogP contribution in [0.1, 0.15) is 29.8 Å². The minimum atomic E-state index is 0.00147. The fourth-order valence-corrected chi connectivity index (χ4v) is 2.96. The molecule has 1 aromatic heterocycles. The van der Waals surface area contributed by atoms with E-state index < -0.39 is 0 Å². The molecule has 1 saturated heterocycles. The van der Waals surface area contributed by atoms with Gasteiger partial charge in [-0.05, 0) is 49.6 Å². The zero-order valence-electron chi connectivity index (χ0n) is 13.6. The molecule has 1 aliphatic rings. The molecule has 0 atom stereocenters. The molecular weight excluding hydrogens is 326 g/mol. The van der Waals surface area contributed by atoms with Gasteiger partial charge in [-0.25, -0.2) is 4.98 Å². The first-order valence-electron chi connectivity index (χ1n) is 8.03. The summed E-state index contributed by atoms with van der Waals surface area (Å²) >= 11 is 6.03. The molecule has 0 saturated carbocycles. The van der Waals surface area contributed by atoms with E-state index >= 15 is 0 Å². The van der Waals surface area contributed by atoms with Crippen LogP contribution in [0.5, 0.6) is 5.75 Å². The zero-order chi connectivity index (χ0) is 16.9. The van der Waals surface area contributed by atoms with Crippen LogP contribution in [-0.4, -0.2) is 36.0 Å². The third-order valence-corrected chi connectivity index (χ3v) is 4.30. The number of hydrogen-bond acceptors (Lipinski definition) is 4. The van der Waals surface area contributed by atoms with Crippen molar-refractivity contribution in [3.8, 4) is 5.75 Å². The molecule has 2 aromatic rings. The highest BCUT2D eigenvalue weighted by molar-refractivity contribution is 6.31. The first kappa shape index (κ1) is 16.6. The summed E-state index contributed by atoms with van der Waals surface area (Å²) in [4.78, 5) is 18.6. The lowest BCUT2D eigenvalue weighted by Crippen LogP contribution is -2.36. The number of ether oxygens (including phenoxy) is 1. The minimum absolute atomic E-state index is 0.00147. The number of methoxy groups -OCH3 is 1. The molecule has 1 N–H and O–H groups in total. The van der Waals surface area contributed by atoms with Crippen molar-refractivity contribution in [2.75, 3.05) is 25.5 Å². The third-order valence-electron chi connectivity index (χ3n) is 4.07. The number of benzene rings is 1. The summed E-state index contributed by atoms with van der Waals surface area (Å²) in [5, 5.41) is 3.83. The van der Waals surface area contributed by atoms with E-state index in [4.69, 9.17) is 16.3 Å². The SMILES string of the molecule is COc1ccc(Cl)cc1Nc1ccc(C(=O)N2CCCCC2)nc1. The van der Waals surface area contributed by atoms with Crippen molar-refractivity contribution >= 4 is 28.9 Å². The molecule has 24 heavy (non-hydrogen) atoms. The van der Waals surface area contributed by atoms with Gasteiger partial charge in [0.15, 0.2) is 0 Å². The summed E-state index contributed by atoms with van der Waals surface area (Å²) in [6.45, 7) is 1.64. The Bertz CT molecular complexity index is 713. The lowest BCUT2D eigenvalue weighted by atomic mass is 10.1. The van der Waals surface area contributed by atoms with Gasteiger partial charge in [0.25, 0.3) is 5.91 Å². The molecule has 0 unspecified atom stereocenters. The van der Waals surface area contributed by atoms with Gasteiger partial charge in [-0.15, -0.1) is 0 Å². The molecular formula is C18H20ClN3O2. The van der Waals surface area contributed by atoms with Gasteiger partial charge in [-0.1, -0.05) is 11.6 Å². The number of aromatic nitrogens is 1. The summed E-state index contributed by atoms with van der Waals surface area (Å²) in [5.74, 6) is 0.689. The monoisotopic (exact) mass is 345 g/mol. The third kappa shape index (κ3) is 3.79. The fourth-order valence-electron chi connectivity index (χ4n) is 2.79. The van der Waals surface area contributed by atoms with E-state index in [0.717, 1.165) is 37.3 Å². The molecule has 0 aliphatic carbocycles. The topological polar surface area (TPSA) is 54.5 Å². The molecule has 126 valence electrons. The number of nitrogens with zero attached hydrogens (tertiary/aromatic N) is 2. The largest absolute Gasteiger partial charge is 0.495 e. The van der Waals surface area contributed by atoms with E-state index in [1.807, 2.05) is 11.0 Å². The van der Waals surface area contributed by atoms with Crippen molar-refractivity contribution < 1.29 is 9.53 Å². The minimum Gasteiger partial charge on any atom is -0.495 e. The van der Waals surface area contributed by atoms with Crippen molar-refractivity contribution in [2.45, 2.75) is 19.3 Å². The van der Waals surface area contributed by atoms with E-state index in [1.165, 1.54) is 6.42 Å². The first-order chi connectivity index (χ1) is 11.7. The second-order valence-corrected chi connectivity index (χ2v) is 6.19. The number of anilines is 2. The van der Waals surface area contributed by atoms with Crippen LogP contribution in [0.15, 0.2) is 36.5 Å². The summed E-state index contributed by atoms with van der Waals surface area (Å²) in [5.41, 5.74) is 1.99. The molecule has 0 radical (unpaired) electrons. The van der Waals surface area contributed by atoms with Gasteiger partial charge in [0, 0.05) is 18.1 Å². The Labute approximate surface area is 146 Å². The molecule has 2 heterocycles. The van der Waals surface area contributed by atoms with E-state index in [1.54, 1.807) is 37.6 Å². The lowest BCUT2D eigenvalue weighted by Gasteiger charge is -2.26.